The van der Waals surface area contributed by atoms with E-state index in [0.717, 1.165) is 16.7 Å². The van der Waals surface area contributed by atoms with Gasteiger partial charge in [-0.25, -0.2) is 0 Å². The lowest BCUT2D eigenvalue weighted by atomic mass is 9.94. The summed E-state index contributed by atoms with van der Waals surface area (Å²) in [6.07, 6.45) is 7.45. The van der Waals surface area contributed by atoms with Gasteiger partial charge in [-0.2, -0.15) is 0 Å². The topological polar surface area (TPSA) is 43.1 Å². The monoisotopic (exact) mass is 235 g/mol. The Hall–Kier alpha value is -1.16. The molecule has 84 valence electrons. The summed E-state index contributed by atoms with van der Waals surface area (Å²) in [6.45, 7) is 0. The molecule has 2 aliphatic rings. The van der Waals surface area contributed by atoms with Crippen LogP contribution in [0.1, 0.15) is 30.6 Å². The summed E-state index contributed by atoms with van der Waals surface area (Å²) in [4.78, 5) is 11.3. The highest BCUT2D eigenvalue weighted by molar-refractivity contribution is 7.16. The van der Waals surface area contributed by atoms with Crippen molar-refractivity contribution in [2.24, 2.45) is 11.8 Å². The van der Waals surface area contributed by atoms with Crippen LogP contribution in [0.2, 0.25) is 0 Å². The molecule has 2 unspecified atom stereocenters. The van der Waals surface area contributed by atoms with Crippen LogP contribution in [0.25, 0.3) is 6.08 Å². The second-order valence-electron chi connectivity index (χ2n) is 4.73. The predicted molar refractivity (Wildman–Crippen MR) is 64.4 cm³/mol. The number of nitrogens with zero attached hydrogens (tertiary/aromatic N) is 1. The maximum absolute atomic E-state index is 10.6. The predicted octanol–water partition coefficient (Wildman–Crippen LogP) is 3.86. The summed E-state index contributed by atoms with van der Waals surface area (Å²) in [7, 11) is 0. The van der Waals surface area contributed by atoms with Gasteiger partial charge < -0.3 is 0 Å². The van der Waals surface area contributed by atoms with E-state index in [4.69, 9.17) is 0 Å². The van der Waals surface area contributed by atoms with E-state index in [1.165, 1.54) is 42.6 Å². The molecular formula is C12H13NO2S. The van der Waals surface area contributed by atoms with Crippen LogP contribution in [-0.2, 0) is 0 Å². The minimum absolute atomic E-state index is 0.245. The summed E-state index contributed by atoms with van der Waals surface area (Å²) >= 11 is 1.28. The molecule has 0 spiro atoms. The molecule has 2 fully saturated rings. The van der Waals surface area contributed by atoms with Crippen LogP contribution in [0, 0.1) is 22.0 Å². The number of hydrogen-bond donors (Lipinski definition) is 0. The van der Waals surface area contributed by atoms with E-state index in [2.05, 4.69) is 6.08 Å². The first kappa shape index (κ1) is 10.0. The average molecular weight is 235 g/mol. The molecule has 16 heavy (non-hydrogen) atoms. The van der Waals surface area contributed by atoms with Crippen LogP contribution in [0.15, 0.2) is 17.7 Å². The SMILES string of the molecule is O=[N+]([O-])c1ccc(/C=C2/CC3CCC2C3)s1. The highest BCUT2D eigenvalue weighted by atomic mass is 32.1. The Morgan fingerprint density at radius 2 is 2.31 bits per heavy atom. The van der Waals surface area contributed by atoms with Crippen molar-refractivity contribution in [1.82, 2.24) is 0 Å². The molecule has 0 amide bonds. The highest BCUT2D eigenvalue weighted by Gasteiger charge is 2.35. The molecule has 3 nitrogen and oxygen atoms in total. The summed E-state index contributed by atoms with van der Waals surface area (Å²) in [5, 5.41) is 10.8. The summed E-state index contributed by atoms with van der Waals surface area (Å²) in [5.74, 6) is 1.66. The smallest absolute Gasteiger partial charge is 0.258 e. The fourth-order valence-corrected chi connectivity index (χ4v) is 3.77. The van der Waals surface area contributed by atoms with E-state index in [1.807, 2.05) is 6.07 Å². The van der Waals surface area contributed by atoms with Gasteiger partial charge in [0.05, 0.1) is 4.92 Å². The Labute approximate surface area is 97.9 Å². The first-order chi connectivity index (χ1) is 7.72. The molecular weight excluding hydrogens is 222 g/mol. The van der Waals surface area contributed by atoms with Crippen molar-refractivity contribution in [1.29, 1.82) is 0 Å². The van der Waals surface area contributed by atoms with Crippen LogP contribution < -0.4 is 0 Å². The van der Waals surface area contributed by atoms with Crippen LogP contribution in [0.5, 0.6) is 0 Å². The van der Waals surface area contributed by atoms with E-state index in [1.54, 1.807) is 6.07 Å². The van der Waals surface area contributed by atoms with Gasteiger partial charge in [-0.05, 0) is 49.7 Å². The van der Waals surface area contributed by atoms with Crippen molar-refractivity contribution in [2.45, 2.75) is 25.7 Å². The van der Waals surface area contributed by atoms with Gasteiger partial charge in [0.1, 0.15) is 0 Å². The second kappa shape index (κ2) is 3.70. The minimum atomic E-state index is -0.312. The molecule has 2 atom stereocenters. The van der Waals surface area contributed by atoms with Crippen molar-refractivity contribution in [2.75, 3.05) is 0 Å². The van der Waals surface area contributed by atoms with E-state index in [9.17, 15) is 10.1 Å². The molecule has 0 saturated heterocycles. The molecule has 0 radical (unpaired) electrons. The molecule has 0 aromatic carbocycles. The van der Waals surface area contributed by atoms with Crippen molar-refractivity contribution < 1.29 is 4.92 Å². The molecule has 1 aromatic rings. The van der Waals surface area contributed by atoms with Crippen LogP contribution >= 0.6 is 11.3 Å². The van der Waals surface area contributed by atoms with Gasteiger partial charge in [0.15, 0.2) is 0 Å². The van der Waals surface area contributed by atoms with Crippen molar-refractivity contribution in [3.8, 4) is 0 Å². The number of fused-ring (bicyclic) bond motifs is 2. The Morgan fingerprint density at radius 3 is 2.88 bits per heavy atom. The standard InChI is InChI=1S/C12H13NO2S/c14-13(15)12-4-3-11(16-12)7-10-6-8-1-2-9(10)5-8/h3-4,7-9H,1-2,5-6H2/b10-7-. The second-order valence-corrected chi connectivity index (χ2v) is 5.83. The third-order valence-corrected chi connectivity index (χ3v) is 4.69. The zero-order chi connectivity index (χ0) is 11.1. The average Bonchev–Trinajstić information content (AvgIpc) is 2.91. The number of rotatable bonds is 2. The lowest BCUT2D eigenvalue weighted by Crippen LogP contribution is -1.97. The van der Waals surface area contributed by atoms with Gasteiger partial charge in [-0.15, -0.1) is 0 Å². The van der Waals surface area contributed by atoms with Crippen molar-refractivity contribution in [3.05, 3.63) is 32.7 Å². The van der Waals surface area contributed by atoms with Crippen molar-refractivity contribution in [3.63, 3.8) is 0 Å². The van der Waals surface area contributed by atoms with E-state index in [0.29, 0.717) is 0 Å². The van der Waals surface area contributed by atoms with E-state index >= 15 is 0 Å². The van der Waals surface area contributed by atoms with Crippen LogP contribution in [-0.4, -0.2) is 4.92 Å². The molecule has 4 heteroatoms. The lowest BCUT2D eigenvalue weighted by molar-refractivity contribution is -0.380. The normalized spacial score (nSPS) is 30.1. The Morgan fingerprint density at radius 1 is 1.44 bits per heavy atom. The maximum atomic E-state index is 10.6. The number of thiophene rings is 1. The summed E-state index contributed by atoms with van der Waals surface area (Å²) in [5.41, 5.74) is 1.52. The zero-order valence-corrected chi connectivity index (χ0v) is 9.70. The number of hydrogen-bond acceptors (Lipinski definition) is 3. The highest BCUT2D eigenvalue weighted by Crippen LogP contribution is 2.48. The van der Waals surface area contributed by atoms with Gasteiger partial charge in [0, 0.05) is 10.9 Å². The molecule has 1 heterocycles. The van der Waals surface area contributed by atoms with Gasteiger partial charge >= 0.3 is 5.00 Å². The van der Waals surface area contributed by atoms with Crippen molar-refractivity contribution >= 4 is 22.4 Å². The van der Waals surface area contributed by atoms with Gasteiger partial charge in [-0.1, -0.05) is 16.9 Å². The lowest BCUT2D eigenvalue weighted by Gasteiger charge is -2.12. The largest absolute Gasteiger partial charge is 0.324 e. The Balaban J connectivity index is 1.83. The third kappa shape index (κ3) is 1.67. The molecule has 0 N–H and O–H groups in total. The number of nitro groups is 1. The molecule has 0 aliphatic heterocycles. The summed E-state index contributed by atoms with van der Waals surface area (Å²) < 4.78 is 0. The first-order valence-corrected chi connectivity index (χ1v) is 6.49. The molecule has 3 rings (SSSR count). The van der Waals surface area contributed by atoms with Gasteiger partial charge in [0.2, 0.25) is 0 Å². The van der Waals surface area contributed by atoms with Crippen LogP contribution in [0.3, 0.4) is 0 Å². The maximum Gasteiger partial charge on any atom is 0.324 e. The van der Waals surface area contributed by atoms with Gasteiger partial charge in [-0.3, -0.25) is 10.1 Å². The molecule has 1 aromatic heterocycles. The fraction of sp³-hybridized carbons (Fsp3) is 0.500. The fourth-order valence-electron chi connectivity index (χ4n) is 2.97. The quantitative estimate of drug-likeness (QED) is 0.577. The first-order valence-electron chi connectivity index (χ1n) is 5.67. The molecule has 2 saturated carbocycles. The third-order valence-electron chi connectivity index (χ3n) is 3.71. The van der Waals surface area contributed by atoms with Gasteiger partial charge in [0.25, 0.3) is 0 Å². The van der Waals surface area contributed by atoms with E-state index in [-0.39, 0.29) is 9.92 Å². The number of allylic oxidation sites excluding steroid dienone is 1. The minimum Gasteiger partial charge on any atom is -0.258 e. The Kier molecular flexibility index (Phi) is 2.32. The summed E-state index contributed by atoms with van der Waals surface area (Å²) in [6, 6.07) is 3.46. The van der Waals surface area contributed by atoms with Crippen LogP contribution in [0.4, 0.5) is 5.00 Å². The molecule has 2 aliphatic carbocycles. The zero-order valence-electron chi connectivity index (χ0n) is 8.89. The Bertz CT molecular complexity index is 463. The molecule has 2 bridgehead atoms. The van der Waals surface area contributed by atoms with E-state index < -0.39 is 0 Å².